The van der Waals surface area contributed by atoms with Gasteiger partial charge in [0.1, 0.15) is 0 Å². The van der Waals surface area contributed by atoms with E-state index in [4.69, 9.17) is 16.3 Å². The van der Waals surface area contributed by atoms with Crippen LogP contribution in [0.4, 0.5) is 4.79 Å². The summed E-state index contributed by atoms with van der Waals surface area (Å²) < 4.78 is 4.64. The molecule has 0 fully saturated rings. The maximum atomic E-state index is 11.3. The molecule has 0 aliphatic rings. The maximum Gasteiger partial charge on any atom is 0.406 e. The highest BCUT2D eigenvalue weighted by molar-refractivity contribution is 5.89. The van der Waals surface area contributed by atoms with Gasteiger partial charge in [-0.2, -0.15) is 10.5 Å². The molecule has 0 radical (unpaired) electrons. The van der Waals surface area contributed by atoms with E-state index >= 15 is 0 Å². The van der Waals surface area contributed by atoms with Crippen molar-refractivity contribution in [2.75, 3.05) is 33.8 Å². The number of benzene rings is 10. The largest absolute Gasteiger partial charge is 0.453 e. The summed E-state index contributed by atoms with van der Waals surface area (Å²) in [7, 11) is 3.39. The number of nitrogens with zero attached hydrogens (tertiary/aromatic N) is 2. The van der Waals surface area contributed by atoms with Crippen molar-refractivity contribution in [2.45, 2.75) is 64.2 Å². The lowest BCUT2D eigenvalue weighted by Gasteiger charge is -2.18. The quantitative estimate of drug-likeness (QED) is 0.0370. The predicted octanol–water partition coefficient (Wildman–Crippen LogP) is 21.6. The van der Waals surface area contributed by atoms with E-state index in [-0.39, 0.29) is 39.1 Å². The molecule has 0 aliphatic heterocycles. The summed E-state index contributed by atoms with van der Waals surface area (Å²) in [5.41, 5.74) is 24.8. The average Bonchev–Trinajstić information content (AvgIpc) is 1.83. The first-order chi connectivity index (χ1) is 49.3. The van der Waals surface area contributed by atoms with Crippen molar-refractivity contribution < 1.29 is 9.53 Å². The summed E-state index contributed by atoms with van der Waals surface area (Å²) in [6, 6.07) is 99.1. The van der Waals surface area contributed by atoms with Gasteiger partial charge in [-0.15, -0.1) is 12.4 Å². The Balaban J connectivity index is 0.000000162. The molecule has 522 valence electrons. The standard InChI is InChI=1S/C19H20N2O2.C18H20N2.C17H18N2.C17H14N2.C17H12N2.2CH4.ClH/c1-23-19(22)21-12-10-17(14-5-3-2-4-6-14)16-8-7-15-9-11-20-18(15)13-16;1-19-11-10-17(14-5-3-2-4-6-14)16-8-7-15-9-12-20-18(15)13-16;3*18-10-8-16(13-4-2-1-3-5-13)15-7-6-14-9-11-19-17(14)12-15;;;/h2-9,11,13,17,20H,10,12H2,1H3,(H,21,22);2-9,12-13,17,19-20H,10-11H2,1H3;1-7,9,11-12,16,19H,8,10,18H2;1-7,9,11-12,16,19H,8H2;1-9,11-12,19H;2*1H4;1H/b;;;;16-8-;;;. The number of halogens is 1. The number of amides is 1. The molecule has 0 bridgehead atoms. The summed E-state index contributed by atoms with van der Waals surface area (Å²) in [5, 5.41) is 30.2. The van der Waals surface area contributed by atoms with E-state index in [0.29, 0.717) is 31.3 Å². The third-order valence-corrected chi connectivity index (χ3v) is 18.2. The van der Waals surface area contributed by atoms with Crippen LogP contribution in [-0.4, -0.2) is 64.8 Å². The van der Waals surface area contributed by atoms with Crippen molar-refractivity contribution in [3.63, 3.8) is 0 Å². The van der Waals surface area contributed by atoms with Crippen LogP contribution in [0.15, 0.2) is 310 Å². The molecule has 0 aliphatic carbocycles. The summed E-state index contributed by atoms with van der Waals surface area (Å²) in [6.07, 6.45) is 14.4. The van der Waals surface area contributed by atoms with E-state index in [1.54, 1.807) is 6.08 Å². The zero-order chi connectivity index (χ0) is 69.1. The Morgan fingerprint density at radius 1 is 0.417 bits per heavy atom. The Labute approximate surface area is 612 Å². The van der Waals surface area contributed by atoms with E-state index < -0.39 is 6.09 Å². The number of nitrogens with one attached hydrogen (secondary N) is 7. The van der Waals surface area contributed by atoms with Crippen molar-refractivity contribution in [1.82, 2.24) is 35.6 Å². The number of aromatic nitrogens is 5. The second-order valence-corrected chi connectivity index (χ2v) is 24.5. The van der Waals surface area contributed by atoms with Gasteiger partial charge in [0.05, 0.1) is 19.2 Å². The summed E-state index contributed by atoms with van der Waals surface area (Å²) in [5.74, 6) is 1.18. The van der Waals surface area contributed by atoms with Crippen LogP contribution >= 0.6 is 12.4 Å². The zero-order valence-electron chi connectivity index (χ0n) is 56.9. The van der Waals surface area contributed by atoms with Gasteiger partial charge in [0.25, 0.3) is 0 Å². The Morgan fingerprint density at radius 3 is 1.10 bits per heavy atom. The molecule has 5 heterocycles. The molecule has 0 saturated carbocycles. The first-order valence-electron chi connectivity index (χ1n) is 34.0. The average molecular weight is 1380 g/mol. The summed E-state index contributed by atoms with van der Waals surface area (Å²) >= 11 is 0. The number of hydrogen-bond acceptors (Lipinski definition) is 6. The van der Waals surface area contributed by atoms with Crippen LogP contribution in [0.3, 0.4) is 0 Å². The fourth-order valence-electron chi connectivity index (χ4n) is 13.0. The highest BCUT2D eigenvalue weighted by Crippen LogP contribution is 2.34. The van der Waals surface area contributed by atoms with Crippen molar-refractivity contribution in [3.05, 3.63) is 366 Å². The lowest BCUT2D eigenvalue weighted by molar-refractivity contribution is 0.171. The molecule has 12 nitrogen and oxygen atoms in total. The maximum absolute atomic E-state index is 11.3. The smallest absolute Gasteiger partial charge is 0.406 e. The lowest BCUT2D eigenvalue weighted by atomic mass is 9.88. The number of ether oxygens (including phenoxy) is 1. The van der Waals surface area contributed by atoms with Crippen molar-refractivity contribution in [3.8, 4) is 12.1 Å². The topological polar surface area (TPSA) is 203 Å². The number of rotatable bonds is 19. The molecule has 5 aromatic heterocycles. The lowest BCUT2D eigenvalue weighted by Crippen LogP contribution is -2.25. The number of fused-ring (bicyclic) bond motifs is 5. The SMILES string of the molecule is C.C.CNCCC(c1ccccc1)c1ccc2cc[nH]c2c1.COC(=O)NCCC(c1ccccc1)c1ccc2cc[nH]c2c1.Cl.N#C/C=C(/c1ccccc1)c1ccc2cc[nH]c2c1.N#CCC(c1ccccc1)c1ccc2cc[nH]c2c1.NCCC(c1ccccc1)c1ccc2cc[nH]c2c1. The molecule has 15 rings (SSSR count). The fraction of sp³-hybridized carbons (Fsp3) is 0.167. The van der Waals surface area contributed by atoms with Gasteiger partial charge in [-0.05, 0) is 188 Å². The molecule has 4 atom stereocenters. The number of allylic oxidation sites excluding steroid dienone is 1. The highest BCUT2D eigenvalue weighted by atomic mass is 35.5. The van der Waals surface area contributed by atoms with Gasteiger partial charge in [-0.1, -0.05) is 227 Å². The Hall–Kier alpha value is -11.9. The number of hydrogen-bond donors (Lipinski definition) is 8. The molecule has 15 aromatic rings. The molecule has 13 heteroatoms. The van der Waals surface area contributed by atoms with Crippen molar-refractivity contribution in [2.24, 2.45) is 5.73 Å². The van der Waals surface area contributed by atoms with E-state index in [9.17, 15) is 4.79 Å². The Morgan fingerprint density at radius 2 is 0.748 bits per heavy atom. The molecule has 1 amide bonds. The van der Waals surface area contributed by atoms with Gasteiger partial charge in [-0.25, -0.2) is 4.79 Å². The molecule has 0 spiro atoms. The van der Waals surface area contributed by atoms with Gasteiger partial charge in [0.2, 0.25) is 0 Å². The van der Waals surface area contributed by atoms with Crippen LogP contribution in [0, 0.1) is 22.7 Å². The van der Waals surface area contributed by atoms with Gasteiger partial charge >= 0.3 is 6.09 Å². The van der Waals surface area contributed by atoms with E-state index in [1.165, 1.54) is 89.6 Å². The minimum Gasteiger partial charge on any atom is -0.453 e. The first kappa shape index (κ1) is 76.8. The van der Waals surface area contributed by atoms with E-state index in [2.05, 4.69) is 247 Å². The van der Waals surface area contributed by atoms with Crippen molar-refractivity contribution in [1.29, 1.82) is 10.5 Å². The fourth-order valence-corrected chi connectivity index (χ4v) is 13.0. The van der Waals surface area contributed by atoms with Gasteiger partial charge in [0, 0.05) is 101 Å². The normalized spacial score (nSPS) is 11.8. The van der Waals surface area contributed by atoms with Gasteiger partial charge in [-0.3, -0.25) is 0 Å². The number of carbonyl (C=O) groups is 1. The van der Waals surface area contributed by atoms with Crippen LogP contribution in [0.25, 0.3) is 60.1 Å². The van der Waals surface area contributed by atoms with Crippen molar-refractivity contribution >= 4 is 78.6 Å². The molecular weight excluding hydrogens is 1290 g/mol. The minimum atomic E-state index is -0.392. The first-order valence-corrected chi connectivity index (χ1v) is 34.0. The van der Waals surface area contributed by atoms with Crippen LogP contribution in [0.1, 0.15) is 120 Å². The van der Waals surface area contributed by atoms with Crippen LogP contribution < -0.4 is 16.4 Å². The number of alkyl carbamates (subject to hydrolysis) is 1. The summed E-state index contributed by atoms with van der Waals surface area (Å²) in [4.78, 5) is 27.5. The minimum absolute atomic E-state index is 0. The van der Waals surface area contributed by atoms with Crippen LogP contribution in [0.2, 0.25) is 0 Å². The number of carbonyl (C=O) groups excluding carboxylic acids is 1. The monoisotopic (exact) mass is 1380 g/mol. The van der Waals surface area contributed by atoms with Crippen LogP contribution in [0.5, 0.6) is 0 Å². The number of nitriles is 2. The summed E-state index contributed by atoms with van der Waals surface area (Å²) in [6.45, 7) is 2.28. The van der Waals surface area contributed by atoms with E-state index in [0.717, 1.165) is 59.1 Å². The number of aromatic amines is 5. The molecule has 9 N–H and O–H groups in total. The second-order valence-electron chi connectivity index (χ2n) is 24.5. The highest BCUT2D eigenvalue weighted by Gasteiger charge is 2.19. The molecule has 4 unspecified atom stereocenters. The van der Waals surface area contributed by atoms with E-state index in [1.807, 2.05) is 117 Å². The molecule has 103 heavy (non-hydrogen) atoms. The number of H-pyrrole nitrogens is 5. The second kappa shape index (κ2) is 39.8. The Bertz CT molecular complexity index is 5100. The third-order valence-electron chi connectivity index (χ3n) is 18.2. The van der Waals surface area contributed by atoms with Crippen LogP contribution in [-0.2, 0) is 4.74 Å². The van der Waals surface area contributed by atoms with Gasteiger partial charge < -0.3 is 46.0 Å². The molecule has 0 saturated heterocycles. The predicted molar refractivity (Wildman–Crippen MR) is 432 cm³/mol. The number of methoxy groups -OCH3 is 1. The number of nitrogens with two attached hydrogens (primary N) is 1. The third kappa shape index (κ3) is 20.6. The molecule has 10 aromatic carbocycles. The van der Waals surface area contributed by atoms with Gasteiger partial charge in [0.15, 0.2) is 0 Å². The Kier molecular flexibility index (Phi) is 29.7. The molecular formula is C90H93ClN10O2. The zero-order valence-corrected chi connectivity index (χ0v) is 57.7.